The Morgan fingerprint density at radius 2 is 1.76 bits per heavy atom. The monoisotopic (exact) mass is 313 g/mol. The van der Waals surface area contributed by atoms with E-state index in [2.05, 4.69) is 13.8 Å². The van der Waals surface area contributed by atoms with Gasteiger partial charge in [0, 0.05) is 13.1 Å². The lowest BCUT2D eigenvalue weighted by Crippen LogP contribution is -2.36. The lowest BCUT2D eigenvalue weighted by atomic mass is 10.0. The molecular formula is C16H27NO3S. The molecule has 0 unspecified atom stereocenters. The van der Waals surface area contributed by atoms with Crippen molar-refractivity contribution in [1.82, 2.24) is 4.31 Å². The van der Waals surface area contributed by atoms with Gasteiger partial charge in [-0.3, -0.25) is 0 Å². The summed E-state index contributed by atoms with van der Waals surface area (Å²) < 4.78 is 31.1. The number of hydrogen-bond acceptors (Lipinski definition) is 3. The molecule has 0 saturated carbocycles. The Bertz CT molecular complexity index is 509. The number of hydrogen-bond donors (Lipinski definition) is 0. The first-order valence-corrected chi connectivity index (χ1v) is 9.22. The normalized spacial score (nSPS) is 12.1. The van der Waals surface area contributed by atoms with Crippen molar-refractivity contribution in [2.45, 2.75) is 40.0 Å². The van der Waals surface area contributed by atoms with E-state index in [-0.39, 0.29) is 5.75 Å². The van der Waals surface area contributed by atoms with Crippen LogP contribution in [0, 0.1) is 0 Å². The summed E-state index contributed by atoms with van der Waals surface area (Å²) in [5.41, 5.74) is 1.27. The SMILES string of the molecule is CCCS(=O)(=O)N(CC)CCOc1ccc(C(C)C)cc1. The summed E-state index contributed by atoms with van der Waals surface area (Å²) in [7, 11) is -3.14. The van der Waals surface area contributed by atoms with Crippen molar-refractivity contribution in [1.29, 1.82) is 0 Å². The van der Waals surface area contributed by atoms with Gasteiger partial charge in [0.1, 0.15) is 12.4 Å². The van der Waals surface area contributed by atoms with Crippen LogP contribution in [0.3, 0.4) is 0 Å². The quantitative estimate of drug-likeness (QED) is 0.703. The van der Waals surface area contributed by atoms with Crippen LogP contribution >= 0.6 is 0 Å². The number of rotatable bonds is 9. The van der Waals surface area contributed by atoms with E-state index in [1.807, 2.05) is 38.1 Å². The zero-order valence-corrected chi connectivity index (χ0v) is 14.3. The summed E-state index contributed by atoms with van der Waals surface area (Å²) >= 11 is 0. The van der Waals surface area contributed by atoms with Crippen LogP contribution in [0.1, 0.15) is 45.6 Å². The molecule has 0 heterocycles. The zero-order chi connectivity index (χ0) is 15.9. The molecule has 1 rings (SSSR count). The molecule has 0 aliphatic carbocycles. The van der Waals surface area contributed by atoms with Gasteiger partial charge in [-0.2, -0.15) is 4.31 Å². The summed E-state index contributed by atoms with van der Waals surface area (Å²) in [6.07, 6.45) is 0.635. The molecule has 120 valence electrons. The highest BCUT2D eigenvalue weighted by molar-refractivity contribution is 7.89. The number of likely N-dealkylation sites (N-methyl/N-ethyl adjacent to an activating group) is 1. The molecular weight excluding hydrogens is 286 g/mol. The minimum atomic E-state index is -3.14. The first-order chi connectivity index (χ1) is 9.90. The molecule has 0 atom stereocenters. The summed E-state index contributed by atoms with van der Waals surface area (Å²) in [6, 6.07) is 7.97. The van der Waals surface area contributed by atoms with Gasteiger partial charge in [-0.25, -0.2) is 8.42 Å². The Morgan fingerprint density at radius 3 is 2.24 bits per heavy atom. The average molecular weight is 313 g/mol. The van der Waals surface area contributed by atoms with Crippen molar-refractivity contribution in [3.63, 3.8) is 0 Å². The Morgan fingerprint density at radius 1 is 1.14 bits per heavy atom. The maximum Gasteiger partial charge on any atom is 0.214 e. The second kappa shape index (κ2) is 8.39. The fourth-order valence-electron chi connectivity index (χ4n) is 2.10. The molecule has 0 fully saturated rings. The van der Waals surface area contributed by atoms with Crippen LogP contribution < -0.4 is 4.74 Å². The van der Waals surface area contributed by atoms with E-state index < -0.39 is 10.0 Å². The van der Waals surface area contributed by atoms with Crippen molar-refractivity contribution in [2.75, 3.05) is 25.4 Å². The van der Waals surface area contributed by atoms with Crippen LogP contribution in [0.25, 0.3) is 0 Å². The van der Waals surface area contributed by atoms with Crippen molar-refractivity contribution in [2.24, 2.45) is 0 Å². The van der Waals surface area contributed by atoms with Crippen LogP contribution in [-0.2, 0) is 10.0 Å². The predicted octanol–water partition coefficient (Wildman–Crippen LogP) is 3.25. The minimum absolute atomic E-state index is 0.198. The second-order valence-electron chi connectivity index (χ2n) is 5.38. The zero-order valence-electron chi connectivity index (χ0n) is 13.5. The predicted molar refractivity (Wildman–Crippen MR) is 87.4 cm³/mol. The molecule has 5 heteroatoms. The van der Waals surface area contributed by atoms with Gasteiger partial charge in [0.2, 0.25) is 10.0 Å². The van der Waals surface area contributed by atoms with E-state index in [1.165, 1.54) is 9.87 Å². The molecule has 1 aromatic rings. The van der Waals surface area contributed by atoms with Gasteiger partial charge in [-0.15, -0.1) is 0 Å². The second-order valence-corrected chi connectivity index (χ2v) is 7.47. The third-order valence-electron chi connectivity index (χ3n) is 3.36. The first-order valence-electron chi connectivity index (χ1n) is 7.61. The maximum absolute atomic E-state index is 12.0. The number of sulfonamides is 1. The molecule has 0 aliphatic heterocycles. The smallest absolute Gasteiger partial charge is 0.214 e. The maximum atomic E-state index is 12.0. The van der Waals surface area contributed by atoms with Gasteiger partial charge < -0.3 is 4.74 Å². The van der Waals surface area contributed by atoms with Crippen molar-refractivity contribution in [3.05, 3.63) is 29.8 Å². The van der Waals surface area contributed by atoms with E-state index >= 15 is 0 Å². The van der Waals surface area contributed by atoms with Gasteiger partial charge in [-0.1, -0.05) is 39.8 Å². The minimum Gasteiger partial charge on any atom is -0.492 e. The van der Waals surface area contributed by atoms with Crippen molar-refractivity contribution >= 4 is 10.0 Å². The van der Waals surface area contributed by atoms with Gasteiger partial charge >= 0.3 is 0 Å². The van der Waals surface area contributed by atoms with Crippen molar-refractivity contribution < 1.29 is 13.2 Å². The van der Waals surface area contributed by atoms with Crippen LogP contribution in [0.15, 0.2) is 24.3 Å². The van der Waals surface area contributed by atoms with Gasteiger partial charge in [-0.05, 0) is 30.0 Å². The van der Waals surface area contributed by atoms with Crippen LogP contribution in [0.4, 0.5) is 0 Å². The molecule has 1 aromatic carbocycles. The van der Waals surface area contributed by atoms with E-state index in [4.69, 9.17) is 4.74 Å². The topological polar surface area (TPSA) is 46.6 Å². The molecule has 0 amide bonds. The highest BCUT2D eigenvalue weighted by Gasteiger charge is 2.18. The summed E-state index contributed by atoms with van der Waals surface area (Å²) in [6.45, 7) is 9.27. The van der Waals surface area contributed by atoms with Crippen molar-refractivity contribution in [3.8, 4) is 5.75 Å². The molecule has 0 aliphatic rings. The van der Waals surface area contributed by atoms with E-state index in [0.717, 1.165) is 5.75 Å². The fraction of sp³-hybridized carbons (Fsp3) is 0.625. The largest absolute Gasteiger partial charge is 0.492 e. The van der Waals surface area contributed by atoms with Crippen LogP contribution in [0.2, 0.25) is 0 Å². The average Bonchev–Trinajstić information content (AvgIpc) is 2.43. The lowest BCUT2D eigenvalue weighted by molar-refractivity contribution is 0.276. The summed E-state index contributed by atoms with van der Waals surface area (Å²) in [5.74, 6) is 1.47. The lowest BCUT2D eigenvalue weighted by Gasteiger charge is -2.20. The third-order valence-corrected chi connectivity index (χ3v) is 5.52. The molecule has 0 radical (unpaired) electrons. The van der Waals surface area contributed by atoms with E-state index in [1.54, 1.807) is 0 Å². The molecule has 4 nitrogen and oxygen atoms in total. The van der Waals surface area contributed by atoms with E-state index in [9.17, 15) is 8.42 Å². The Balaban J connectivity index is 2.51. The molecule has 0 saturated heterocycles. The van der Waals surface area contributed by atoms with Crippen LogP contribution in [-0.4, -0.2) is 38.2 Å². The number of ether oxygens (including phenoxy) is 1. The fourth-order valence-corrected chi connectivity index (χ4v) is 3.62. The van der Waals surface area contributed by atoms with E-state index in [0.29, 0.717) is 32.0 Å². The standard InChI is InChI=1S/C16H27NO3S/c1-5-13-21(18,19)17(6-2)11-12-20-16-9-7-15(8-10-16)14(3)4/h7-10,14H,5-6,11-13H2,1-4H3. The molecule has 0 N–H and O–H groups in total. The summed E-state index contributed by atoms with van der Waals surface area (Å²) in [5, 5.41) is 0. The molecule has 0 aromatic heterocycles. The first kappa shape index (κ1) is 18.0. The summed E-state index contributed by atoms with van der Waals surface area (Å²) in [4.78, 5) is 0. The highest BCUT2D eigenvalue weighted by atomic mass is 32.2. The van der Waals surface area contributed by atoms with Gasteiger partial charge in [0.05, 0.1) is 5.75 Å². The number of nitrogens with zero attached hydrogens (tertiary/aromatic N) is 1. The van der Waals surface area contributed by atoms with Gasteiger partial charge in [0.25, 0.3) is 0 Å². The third kappa shape index (κ3) is 5.67. The molecule has 21 heavy (non-hydrogen) atoms. The van der Waals surface area contributed by atoms with Gasteiger partial charge in [0.15, 0.2) is 0 Å². The highest BCUT2D eigenvalue weighted by Crippen LogP contribution is 2.18. The Labute approximate surface area is 129 Å². The molecule has 0 bridgehead atoms. The Hall–Kier alpha value is -1.07. The van der Waals surface area contributed by atoms with Crippen LogP contribution in [0.5, 0.6) is 5.75 Å². The Kier molecular flexibility index (Phi) is 7.18. The molecule has 0 spiro atoms. The number of benzene rings is 1.